The molecule has 0 atom stereocenters. The minimum absolute atomic E-state index is 0.0646. The molecule has 1 amide bonds. The highest BCUT2D eigenvalue weighted by Crippen LogP contribution is 2.32. The van der Waals surface area contributed by atoms with Gasteiger partial charge in [0.05, 0.1) is 17.0 Å². The largest absolute Gasteiger partial charge is 0.454 e. The van der Waals surface area contributed by atoms with E-state index in [2.05, 4.69) is 10.1 Å². The number of fused-ring (bicyclic) bond motifs is 2. The Labute approximate surface area is 151 Å². The Morgan fingerprint density at radius 1 is 1.23 bits per heavy atom. The van der Waals surface area contributed by atoms with Gasteiger partial charge >= 0.3 is 0 Å². The first-order chi connectivity index (χ1) is 12.6. The van der Waals surface area contributed by atoms with E-state index in [1.165, 1.54) is 0 Å². The average molecular weight is 352 g/mol. The Morgan fingerprint density at radius 3 is 2.85 bits per heavy atom. The first-order valence-electron chi connectivity index (χ1n) is 8.56. The van der Waals surface area contributed by atoms with Crippen molar-refractivity contribution in [2.75, 3.05) is 13.3 Å². The quantitative estimate of drug-likeness (QED) is 0.722. The first-order valence-corrected chi connectivity index (χ1v) is 8.56. The van der Waals surface area contributed by atoms with Crippen molar-refractivity contribution in [3.05, 3.63) is 53.0 Å². The molecule has 2 aromatic heterocycles. The summed E-state index contributed by atoms with van der Waals surface area (Å²) < 4.78 is 12.5. The summed E-state index contributed by atoms with van der Waals surface area (Å²) in [6, 6.07) is 7.64. The summed E-state index contributed by atoms with van der Waals surface area (Å²) in [4.78, 5) is 19.2. The number of rotatable bonds is 4. The van der Waals surface area contributed by atoms with Crippen LogP contribution in [0.1, 0.15) is 34.2 Å². The van der Waals surface area contributed by atoms with Gasteiger partial charge in [-0.15, -0.1) is 0 Å². The van der Waals surface area contributed by atoms with Gasteiger partial charge in [-0.2, -0.15) is 5.10 Å². The zero-order chi connectivity index (χ0) is 18.3. The third-order valence-corrected chi connectivity index (χ3v) is 4.56. The summed E-state index contributed by atoms with van der Waals surface area (Å²) in [5, 5.41) is 4.42. The normalized spacial score (nSPS) is 12.6. The Kier molecular flexibility index (Phi) is 3.99. The van der Waals surface area contributed by atoms with Crippen molar-refractivity contribution < 1.29 is 14.3 Å². The summed E-state index contributed by atoms with van der Waals surface area (Å²) >= 11 is 0. The van der Waals surface area contributed by atoms with E-state index in [0.717, 1.165) is 34.1 Å². The topological polar surface area (TPSA) is 69.0 Å². The molecule has 0 N–H and O–H groups in total. The van der Waals surface area contributed by atoms with Crippen molar-refractivity contribution >= 4 is 11.6 Å². The van der Waals surface area contributed by atoms with Crippen LogP contribution in [0, 0.1) is 13.8 Å². The Hall–Kier alpha value is -3.09. The number of ether oxygens (including phenoxy) is 2. The van der Waals surface area contributed by atoms with Crippen molar-refractivity contribution in [2.24, 2.45) is 0 Å². The summed E-state index contributed by atoms with van der Waals surface area (Å²) in [6.07, 6.45) is 1.64. The van der Waals surface area contributed by atoms with E-state index in [-0.39, 0.29) is 12.7 Å². The molecule has 0 unspecified atom stereocenters. The Bertz CT molecular complexity index is 996. The number of amides is 1. The molecule has 1 aliphatic rings. The number of hydrogen-bond acceptors (Lipinski definition) is 5. The molecule has 4 rings (SSSR count). The molecule has 0 radical (unpaired) electrons. The molecular weight excluding hydrogens is 332 g/mol. The maximum absolute atomic E-state index is 13.1. The monoisotopic (exact) mass is 352 g/mol. The molecule has 7 heteroatoms. The maximum Gasteiger partial charge on any atom is 0.257 e. The molecule has 0 spiro atoms. The number of hydrogen-bond donors (Lipinski definition) is 0. The smallest absolute Gasteiger partial charge is 0.257 e. The molecule has 0 aliphatic carbocycles. The molecule has 1 aliphatic heterocycles. The zero-order valence-corrected chi connectivity index (χ0v) is 15.0. The van der Waals surface area contributed by atoms with E-state index in [1.54, 1.807) is 15.6 Å². The van der Waals surface area contributed by atoms with E-state index >= 15 is 0 Å². The fourth-order valence-electron chi connectivity index (χ4n) is 3.13. The third kappa shape index (κ3) is 2.75. The van der Waals surface area contributed by atoms with E-state index in [0.29, 0.717) is 18.7 Å². The van der Waals surface area contributed by atoms with Crippen molar-refractivity contribution in [2.45, 2.75) is 27.3 Å². The van der Waals surface area contributed by atoms with Crippen LogP contribution in [0.4, 0.5) is 0 Å². The number of nitrogens with zero attached hydrogens (tertiary/aromatic N) is 4. The van der Waals surface area contributed by atoms with Gasteiger partial charge in [0, 0.05) is 25.4 Å². The second-order valence-corrected chi connectivity index (χ2v) is 6.32. The van der Waals surface area contributed by atoms with Gasteiger partial charge < -0.3 is 14.4 Å². The van der Waals surface area contributed by atoms with Crippen LogP contribution in [0.15, 0.2) is 30.5 Å². The number of aryl methyl sites for hydroxylation is 2. The molecule has 0 bridgehead atoms. The van der Waals surface area contributed by atoms with Crippen LogP contribution in [0.3, 0.4) is 0 Å². The second kappa shape index (κ2) is 6.33. The predicted octanol–water partition coefficient (Wildman–Crippen LogP) is 2.74. The molecule has 0 fully saturated rings. The molecule has 0 saturated heterocycles. The zero-order valence-electron chi connectivity index (χ0n) is 15.0. The minimum Gasteiger partial charge on any atom is -0.454 e. The SMILES string of the molecule is CCN(Cc1ccc2c(c1)OCO2)C(=O)c1cnc2cc(C)nn2c1C. The van der Waals surface area contributed by atoms with E-state index < -0.39 is 0 Å². The van der Waals surface area contributed by atoms with Gasteiger partial charge in [-0.1, -0.05) is 6.07 Å². The molecule has 26 heavy (non-hydrogen) atoms. The van der Waals surface area contributed by atoms with E-state index in [9.17, 15) is 4.79 Å². The van der Waals surface area contributed by atoms with Gasteiger partial charge in [0.2, 0.25) is 6.79 Å². The van der Waals surface area contributed by atoms with Crippen molar-refractivity contribution in [3.8, 4) is 11.5 Å². The molecule has 7 nitrogen and oxygen atoms in total. The van der Waals surface area contributed by atoms with Crippen molar-refractivity contribution in [1.82, 2.24) is 19.5 Å². The number of aromatic nitrogens is 3. The summed E-state index contributed by atoms with van der Waals surface area (Å²) in [5.41, 5.74) is 3.96. The van der Waals surface area contributed by atoms with Crippen molar-refractivity contribution in [3.63, 3.8) is 0 Å². The molecule has 0 saturated carbocycles. The van der Waals surface area contributed by atoms with Gasteiger partial charge in [0.15, 0.2) is 17.1 Å². The molecule has 1 aromatic carbocycles. The maximum atomic E-state index is 13.1. The van der Waals surface area contributed by atoms with Crippen molar-refractivity contribution in [1.29, 1.82) is 0 Å². The highest BCUT2D eigenvalue weighted by atomic mass is 16.7. The predicted molar refractivity (Wildman–Crippen MR) is 95.4 cm³/mol. The number of carbonyl (C=O) groups excluding carboxylic acids is 1. The summed E-state index contributed by atoms with van der Waals surface area (Å²) in [6.45, 7) is 7.08. The fourth-order valence-corrected chi connectivity index (χ4v) is 3.13. The summed E-state index contributed by atoms with van der Waals surface area (Å²) in [7, 11) is 0. The summed E-state index contributed by atoms with van der Waals surface area (Å²) in [5.74, 6) is 1.39. The van der Waals surface area contributed by atoms with Gasteiger partial charge in [0.25, 0.3) is 5.91 Å². The standard InChI is InChI=1S/C19H20N4O3/c1-4-22(10-14-5-6-16-17(8-14)26-11-25-16)19(24)15-9-20-18-7-12(2)21-23(18)13(15)3/h5-9H,4,10-11H2,1-3H3. The lowest BCUT2D eigenvalue weighted by Gasteiger charge is -2.22. The molecule has 3 heterocycles. The van der Waals surface area contributed by atoms with Crippen LogP contribution in [-0.2, 0) is 6.54 Å². The average Bonchev–Trinajstić information content (AvgIpc) is 3.25. The third-order valence-electron chi connectivity index (χ3n) is 4.56. The van der Waals surface area contributed by atoms with Crippen LogP contribution >= 0.6 is 0 Å². The Morgan fingerprint density at radius 2 is 2.04 bits per heavy atom. The van der Waals surface area contributed by atoms with Crippen LogP contribution in [0.2, 0.25) is 0 Å². The second-order valence-electron chi connectivity index (χ2n) is 6.32. The number of benzene rings is 1. The lowest BCUT2D eigenvalue weighted by atomic mass is 10.1. The fraction of sp³-hybridized carbons (Fsp3) is 0.316. The Balaban J connectivity index is 1.62. The first kappa shape index (κ1) is 16.4. The highest BCUT2D eigenvalue weighted by Gasteiger charge is 2.21. The van der Waals surface area contributed by atoms with Crippen LogP contribution in [-0.4, -0.2) is 38.7 Å². The van der Waals surface area contributed by atoms with Crippen LogP contribution in [0.25, 0.3) is 5.65 Å². The minimum atomic E-state index is -0.0646. The van der Waals surface area contributed by atoms with E-state index in [4.69, 9.17) is 9.47 Å². The van der Waals surface area contributed by atoms with Crippen LogP contribution < -0.4 is 9.47 Å². The lowest BCUT2D eigenvalue weighted by Crippen LogP contribution is -2.31. The molecular formula is C19H20N4O3. The van der Waals surface area contributed by atoms with Crippen LogP contribution in [0.5, 0.6) is 11.5 Å². The van der Waals surface area contributed by atoms with Gasteiger partial charge in [-0.25, -0.2) is 9.50 Å². The van der Waals surface area contributed by atoms with E-state index in [1.807, 2.05) is 45.0 Å². The lowest BCUT2D eigenvalue weighted by molar-refractivity contribution is 0.0750. The van der Waals surface area contributed by atoms with Gasteiger partial charge in [0.1, 0.15) is 0 Å². The van der Waals surface area contributed by atoms with Gasteiger partial charge in [-0.05, 0) is 38.5 Å². The number of carbonyl (C=O) groups is 1. The molecule has 134 valence electrons. The highest BCUT2D eigenvalue weighted by molar-refractivity contribution is 5.95. The molecule has 3 aromatic rings. The van der Waals surface area contributed by atoms with Gasteiger partial charge in [-0.3, -0.25) is 4.79 Å².